The number of ether oxygens (including phenoxy) is 2. The summed E-state index contributed by atoms with van der Waals surface area (Å²) >= 11 is 3.39. The van der Waals surface area contributed by atoms with Crippen molar-refractivity contribution in [3.05, 3.63) is 46.0 Å². The Morgan fingerprint density at radius 3 is 2.65 bits per heavy atom. The van der Waals surface area contributed by atoms with Gasteiger partial charge in [0.25, 0.3) is 0 Å². The number of hydrogen-bond acceptors (Lipinski definition) is 4. The van der Waals surface area contributed by atoms with Crippen LogP contribution in [0.1, 0.15) is 26.3 Å². The van der Waals surface area contributed by atoms with Gasteiger partial charge in [-0.2, -0.15) is 0 Å². The molecule has 1 aliphatic carbocycles. The van der Waals surface area contributed by atoms with Gasteiger partial charge in [0.15, 0.2) is 0 Å². The molecule has 0 saturated heterocycles. The van der Waals surface area contributed by atoms with E-state index in [1.54, 1.807) is 6.92 Å². The molecule has 1 saturated carbocycles. The minimum absolute atomic E-state index is 0.00314. The molecule has 0 radical (unpaired) electrons. The van der Waals surface area contributed by atoms with Crippen molar-refractivity contribution in [3.63, 3.8) is 0 Å². The maximum atomic E-state index is 12.3. The summed E-state index contributed by atoms with van der Waals surface area (Å²) in [6.07, 6.45) is 1.82. The van der Waals surface area contributed by atoms with Crippen molar-refractivity contribution >= 4 is 27.9 Å². The molecule has 0 bridgehead atoms. The Kier molecular flexibility index (Phi) is 5.30. The summed E-state index contributed by atoms with van der Waals surface area (Å²) in [6, 6.07) is 7.66. The van der Waals surface area contributed by atoms with Gasteiger partial charge in [-0.15, -0.1) is 0 Å². The van der Waals surface area contributed by atoms with E-state index in [2.05, 4.69) is 15.9 Å². The second-order valence-corrected chi connectivity index (χ2v) is 7.32. The Morgan fingerprint density at radius 2 is 2.04 bits per heavy atom. The largest absolute Gasteiger partial charge is 0.466 e. The lowest BCUT2D eigenvalue weighted by Gasteiger charge is -2.06. The number of rotatable bonds is 5. The molecule has 124 valence electrons. The van der Waals surface area contributed by atoms with Crippen molar-refractivity contribution < 1.29 is 19.1 Å². The Labute approximate surface area is 145 Å². The molecule has 2 unspecified atom stereocenters. The fourth-order valence-corrected chi connectivity index (χ4v) is 3.25. The van der Waals surface area contributed by atoms with Crippen LogP contribution in [0.5, 0.6) is 0 Å². The first-order valence-corrected chi connectivity index (χ1v) is 8.24. The number of allylic oxidation sites excluding steroid dienone is 1. The molecule has 2 rings (SSSR count). The maximum absolute atomic E-state index is 12.3. The van der Waals surface area contributed by atoms with E-state index in [0.717, 1.165) is 10.0 Å². The molecule has 23 heavy (non-hydrogen) atoms. The predicted octanol–water partition coefficient (Wildman–Crippen LogP) is 3.88. The normalized spacial score (nSPS) is 22.4. The molecule has 1 aliphatic rings. The molecule has 0 heterocycles. The SMILES string of the molecule is COC(=O)/C(C)=C/C1C(C(=O)OCc2cccc(Br)c2)C1(C)C. The smallest absolute Gasteiger partial charge is 0.333 e. The molecule has 5 heteroatoms. The molecular weight excluding hydrogens is 360 g/mol. The molecule has 0 N–H and O–H groups in total. The summed E-state index contributed by atoms with van der Waals surface area (Å²) in [5, 5.41) is 0. The van der Waals surface area contributed by atoms with E-state index >= 15 is 0 Å². The first-order valence-electron chi connectivity index (χ1n) is 7.45. The molecule has 1 aromatic carbocycles. The quantitative estimate of drug-likeness (QED) is 0.574. The van der Waals surface area contributed by atoms with Crippen molar-refractivity contribution in [2.75, 3.05) is 7.11 Å². The Balaban J connectivity index is 1.98. The van der Waals surface area contributed by atoms with Crippen molar-refractivity contribution in [3.8, 4) is 0 Å². The number of halogens is 1. The van der Waals surface area contributed by atoms with Crippen LogP contribution in [0.25, 0.3) is 0 Å². The average Bonchev–Trinajstić information content (AvgIpc) is 3.04. The van der Waals surface area contributed by atoms with E-state index in [4.69, 9.17) is 9.47 Å². The summed E-state index contributed by atoms with van der Waals surface area (Å²) in [6.45, 7) is 5.95. The summed E-state index contributed by atoms with van der Waals surface area (Å²) in [4.78, 5) is 23.8. The number of esters is 2. The van der Waals surface area contributed by atoms with E-state index in [-0.39, 0.29) is 35.8 Å². The zero-order valence-corrected chi connectivity index (χ0v) is 15.3. The number of hydrogen-bond donors (Lipinski definition) is 0. The van der Waals surface area contributed by atoms with E-state index < -0.39 is 0 Å². The van der Waals surface area contributed by atoms with Gasteiger partial charge in [-0.25, -0.2) is 4.79 Å². The topological polar surface area (TPSA) is 52.6 Å². The minimum Gasteiger partial charge on any atom is -0.466 e. The van der Waals surface area contributed by atoms with Crippen molar-refractivity contribution in [1.82, 2.24) is 0 Å². The molecule has 1 fully saturated rings. The van der Waals surface area contributed by atoms with Gasteiger partial charge in [-0.1, -0.05) is 48.0 Å². The Hall–Kier alpha value is -1.62. The molecule has 0 aliphatic heterocycles. The molecule has 0 spiro atoms. The van der Waals surface area contributed by atoms with Gasteiger partial charge >= 0.3 is 11.9 Å². The second-order valence-electron chi connectivity index (χ2n) is 6.40. The van der Waals surface area contributed by atoms with E-state index in [1.165, 1.54) is 7.11 Å². The zero-order chi connectivity index (χ0) is 17.2. The number of methoxy groups -OCH3 is 1. The van der Waals surface area contributed by atoms with Gasteiger partial charge in [0, 0.05) is 10.0 Å². The van der Waals surface area contributed by atoms with Gasteiger partial charge in [-0.05, 0) is 36.0 Å². The highest BCUT2D eigenvalue weighted by Gasteiger charge is 2.61. The lowest BCUT2D eigenvalue weighted by molar-refractivity contribution is -0.147. The monoisotopic (exact) mass is 380 g/mol. The highest BCUT2D eigenvalue weighted by atomic mass is 79.9. The first-order chi connectivity index (χ1) is 10.8. The minimum atomic E-state index is -0.367. The zero-order valence-electron chi connectivity index (χ0n) is 13.8. The fourth-order valence-electron chi connectivity index (χ4n) is 2.81. The van der Waals surface area contributed by atoms with Gasteiger partial charge in [0.05, 0.1) is 13.0 Å². The maximum Gasteiger partial charge on any atom is 0.333 e. The molecule has 0 aromatic heterocycles. The number of carbonyl (C=O) groups is 2. The second kappa shape index (κ2) is 6.87. The fraction of sp³-hybridized carbons (Fsp3) is 0.444. The summed E-state index contributed by atoms with van der Waals surface area (Å²) in [5.41, 5.74) is 1.25. The highest BCUT2D eigenvalue weighted by Crippen LogP contribution is 2.59. The van der Waals surface area contributed by atoms with Gasteiger partial charge in [0.2, 0.25) is 0 Å². The van der Waals surface area contributed by atoms with E-state index in [0.29, 0.717) is 5.57 Å². The van der Waals surface area contributed by atoms with Gasteiger partial charge < -0.3 is 9.47 Å². The third-order valence-corrected chi connectivity index (χ3v) is 4.86. The van der Waals surface area contributed by atoms with Crippen LogP contribution < -0.4 is 0 Å². The van der Waals surface area contributed by atoms with Crippen molar-refractivity contribution in [2.24, 2.45) is 17.3 Å². The lowest BCUT2D eigenvalue weighted by atomic mass is 10.1. The average molecular weight is 381 g/mol. The molecule has 2 atom stereocenters. The molecular formula is C18H21BrO4. The number of benzene rings is 1. The summed E-state index contributed by atoms with van der Waals surface area (Å²) < 4.78 is 11.1. The van der Waals surface area contributed by atoms with Crippen LogP contribution in [0.15, 0.2) is 40.4 Å². The van der Waals surface area contributed by atoms with Crippen LogP contribution in [0.2, 0.25) is 0 Å². The van der Waals surface area contributed by atoms with E-state index in [9.17, 15) is 9.59 Å². The molecule has 0 amide bonds. The van der Waals surface area contributed by atoms with Crippen LogP contribution in [0.4, 0.5) is 0 Å². The summed E-state index contributed by atoms with van der Waals surface area (Å²) in [7, 11) is 1.35. The Bertz CT molecular complexity index is 648. The van der Waals surface area contributed by atoms with Crippen LogP contribution >= 0.6 is 15.9 Å². The molecule has 1 aromatic rings. The highest BCUT2D eigenvalue weighted by molar-refractivity contribution is 9.10. The standard InChI is InChI=1S/C18H21BrO4/c1-11(16(20)22-4)8-14-15(18(14,2)3)17(21)23-10-12-6-5-7-13(19)9-12/h5-9,14-15H,10H2,1-4H3/b11-8+. The van der Waals surface area contributed by atoms with Crippen LogP contribution in [-0.2, 0) is 25.7 Å². The van der Waals surface area contributed by atoms with E-state index in [1.807, 2.05) is 44.2 Å². The number of carbonyl (C=O) groups excluding carboxylic acids is 2. The van der Waals surface area contributed by atoms with Crippen LogP contribution in [-0.4, -0.2) is 19.0 Å². The molecule has 4 nitrogen and oxygen atoms in total. The van der Waals surface area contributed by atoms with Crippen molar-refractivity contribution in [2.45, 2.75) is 27.4 Å². The third kappa shape index (κ3) is 4.02. The summed E-state index contributed by atoms with van der Waals surface area (Å²) in [5.74, 6) is -0.825. The van der Waals surface area contributed by atoms with Gasteiger partial charge in [-0.3, -0.25) is 4.79 Å². The van der Waals surface area contributed by atoms with Gasteiger partial charge in [0.1, 0.15) is 6.61 Å². The van der Waals surface area contributed by atoms with Crippen LogP contribution in [0, 0.1) is 17.3 Å². The third-order valence-electron chi connectivity index (χ3n) is 4.37. The lowest BCUT2D eigenvalue weighted by Crippen LogP contribution is -2.10. The Morgan fingerprint density at radius 1 is 1.35 bits per heavy atom. The predicted molar refractivity (Wildman–Crippen MR) is 90.5 cm³/mol. The first kappa shape index (κ1) is 17.7. The van der Waals surface area contributed by atoms with Crippen LogP contribution in [0.3, 0.4) is 0 Å². The van der Waals surface area contributed by atoms with Crippen molar-refractivity contribution in [1.29, 1.82) is 0 Å².